The minimum Gasteiger partial charge on any atom is -0.497 e. The van der Waals surface area contributed by atoms with Crippen LogP contribution < -0.4 is 4.74 Å². The third-order valence-corrected chi connectivity index (χ3v) is 7.30. The molecule has 0 saturated heterocycles. The normalized spacial score (nSPS) is 11.9. The third kappa shape index (κ3) is 6.86. The topological polar surface area (TPSA) is 47.9 Å². The Morgan fingerprint density at radius 3 is 2.07 bits per heavy atom. The number of nitrogens with zero attached hydrogens (tertiary/aromatic N) is 3. The molecule has 0 amide bonds. The minimum absolute atomic E-state index is 0. The summed E-state index contributed by atoms with van der Waals surface area (Å²) in [6.07, 6.45) is 4.65. The molecule has 3 aromatic heterocycles. The SMILES string of the molecule is CC(C)(C)Cc1ccc2c(ccc3c(-c4[c-]c(Oc5[c-]c(-c6cc(C(C)(C)C)ccn6)ccc5)ccc4)nccc32)n1.[Pt+2]. The van der Waals surface area contributed by atoms with Crippen molar-refractivity contribution in [2.45, 2.75) is 53.4 Å². The summed E-state index contributed by atoms with van der Waals surface area (Å²) in [7, 11) is 0. The zero-order valence-corrected chi connectivity index (χ0v) is 27.7. The molecular formula is C38H35N3OPt. The Balaban J connectivity index is 0.00000368. The fourth-order valence-electron chi connectivity index (χ4n) is 5.23. The van der Waals surface area contributed by atoms with Crippen LogP contribution in [0.4, 0.5) is 0 Å². The van der Waals surface area contributed by atoms with E-state index in [0.717, 1.165) is 56.3 Å². The van der Waals surface area contributed by atoms with Gasteiger partial charge in [0.15, 0.2) is 0 Å². The first kappa shape index (κ1) is 30.6. The second-order valence-corrected chi connectivity index (χ2v) is 13.1. The first-order valence-electron chi connectivity index (χ1n) is 14.4. The van der Waals surface area contributed by atoms with Gasteiger partial charge in [0.2, 0.25) is 0 Å². The van der Waals surface area contributed by atoms with Gasteiger partial charge in [-0.1, -0.05) is 71.9 Å². The quantitative estimate of drug-likeness (QED) is 0.130. The molecule has 0 bridgehead atoms. The molecule has 5 heteroatoms. The van der Waals surface area contributed by atoms with E-state index in [1.54, 1.807) is 0 Å². The van der Waals surface area contributed by atoms with Crippen molar-refractivity contribution in [1.82, 2.24) is 15.0 Å². The van der Waals surface area contributed by atoms with Crippen molar-refractivity contribution in [3.63, 3.8) is 0 Å². The van der Waals surface area contributed by atoms with Gasteiger partial charge in [-0.3, -0.25) is 4.98 Å². The van der Waals surface area contributed by atoms with E-state index in [-0.39, 0.29) is 31.9 Å². The van der Waals surface area contributed by atoms with E-state index >= 15 is 0 Å². The maximum absolute atomic E-state index is 6.26. The average molecular weight is 745 g/mol. The zero-order valence-electron chi connectivity index (χ0n) is 25.4. The molecule has 0 spiro atoms. The minimum atomic E-state index is 0. The number of aromatic nitrogens is 3. The Morgan fingerprint density at radius 1 is 0.674 bits per heavy atom. The Morgan fingerprint density at radius 2 is 1.35 bits per heavy atom. The van der Waals surface area contributed by atoms with Crippen molar-refractivity contribution in [3.05, 3.63) is 115 Å². The van der Waals surface area contributed by atoms with E-state index in [1.165, 1.54) is 5.56 Å². The van der Waals surface area contributed by atoms with Crippen LogP contribution in [0.15, 0.2) is 91.3 Å². The molecule has 0 saturated carbocycles. The van der Waals surface area contributed by atoms with Gasteiger partial charge in [-0.15, -0.1) is 47.5 Å². The number of ether oxygens (including phenoxy) is 1. The van der Waals surface area contributed by atoms with Crippen molar-refractivity contribution in [1.29, 1.82) is 0 Å². The Hall–Kier alpha value is -3.88. The van der Waals surface area contributed by atoms with Gasteiger partial charge in [0.1, 0.15) is 0 Å². The van der Waals surface area contributed by atoms with E-state index in [4.69, 9.17) is 14.7 Å². The molecule has 4 nitrogen and oxygen atoms in total. The molecule has 0 aliphatic rings. The van der Waals surface area contributed by atoms with Gasteiger partial charge in [0.25, 0.3) is 0 Å². The van der Waals surface area contributed by atoms with E-state index in [2.05, 4.69) is 101 Å². The van der Waals surface area contributed by atoms with Gasteiger partial charge < -0.3 is 14.7 Å². The fraction of sp³-hybridized carbons (Fsp3) is 0.237. The predicted octanol–water partition coefficient (Wildman–Crippen LogP) is 9.79. The van der Waals surface area contributed by atoms with Crippen LogP contribution in [0.1, 0.15) is 52.8 Å². The number of benzene rings is 3. The van der Waals surface area contributed by atoms with Crippen molar-refractivity contribution < 1.29 is 25.8 Å². The van der Waals surface area contributed by atoms with Crippen molar-refractivity contribution in [3.8, 4) is 34.0 Å². The van der Waals surface area contributed by atoms with E-state index in [1.807, 2.05) is 48.8 Å². The summed E-state index contributed by atoms with van der Waals surface area (Å²) in [6, 6.07) is 33.4. The van der Waals surface area contributed by atoms with Crippen LogP contribution in [0, 0.1) is 17.5 Å². The molecule has 6 rings (SSSR count). The van der Waals surface area contributed by atoms with Gasteiger partial charge in [0, 0.05) is 35.0 Å². The largest absolute Gasteiger partial charge is 2.00 e. The average Bonchev–Trinajstić information content (AvgIpc) is 2.96. The monoisotopic (exact) mass is 744 g/mol. The van der Waals surface area contributed by atoms with Crippen LogP contribution in [-0.2, 0) is 32.9 Å². The maximum Gasteiger partial charge on any atom is 2.00 e. The van der Waals surface area contributed by atoms with Gasteiger partial charge in [-0.05, 0) is 69.2 Å². The molecule has 0 aliphatic heterocycles. The van der Waals surface area contributed by atoms with Gasteiger partial charge >= 0.3 is 21.1 Å². The molecule has 6 aromatic rings. The molecule has 0 fully saturated rings. The van der Waals surface area contributed by atoms with Crippen LogP contribution in [0.25, 0.3) is 44.2 Å². The summed E-state index contributed by atoms with van der Waals surface area (Å²) in [5.41, 5.74) is 7.05. The second kappa shape index (κ2) is 12.0. The van der Waals surface area contributed by atoms with Crippen LogP contribution in [0.2, 0.25) is 0 Å². The van der Waals surface area contributed by atoms with Crippen LogP contribution >= 0.6 is 0 Å². The number of pyridine rings is 3. The van der Waals surface area contributed by atoms with Gasteiger partial charge in [-0.2, -0.15) is 0 Å². The summed E-state index contributed by atoms with van der Waals surface area (Å²) < 4.78 is 6.26. The molecule has 0 aliphatic carbocycles. The van der Waals surface area contributed by atoms with E-state index in [9.17, 15) is 0 Å². The smallest absolute Gasteiger partial charge is 0.497 e. The molecule has 218 valence electrons. The second-order valence-electron chi connectivity index (χ2n) is 13.1. The van der Waals surface area contributed by atoms with Crippen molar-refractivity contribution >= 4 is 21.7 Å². The van der Waals surface area contributed by atoms with Gasteiger partial charge in [-0.25, -0.2) is 0 Å². The molecule has 0 N–H and O–H groups in total. The summed E-state index contributed by atoms with van der Waals surface area (Å²) in [5, 5.41) is 3.30. The molecule has 43 heavy (non-hydrogen) atoms. The Bertz CT molecular complexity index is 1920. The maximum atomic E-state index is 6.26. The van der Waals surface area contributed by atoms with Crippen molar-refractivity contribution in [2.75, 3.05) is 0 Å². The van der Waals surface area contributed by atoms with Crippen molar-refractivity contribution in [2.24, 2.45) is 5.41 Å². The Kier molecular flexibility index (Phi) is 8.54. The summed E-state index contributed by atoms with van der Waals surface area (Å²) in [5.74, 6) is 1.21. The molecule has 3 heterocycles. The van der Waals surface area contributed by atoms with Crippen LogP contribution in [0.3, 0.4) is 0 Å². The number of hydrogen-bond acceptors (Lipinski definition) is 4. The fourth-order valence-corrected chi connectivity index (χ4v) is 5.23. The molecule has 0 radical (unpaired) electrons. The summed E-state index contributed by atoms with van der Waals surface area (Å²) >= 11 is 0. The first-order valence-corrected chi connectivity index (χ1v) is 14.4. The van der Waals surface area contributed by atoms with Crippen LogP contribution in [-0.4, -0.2) is 15.0 Å². The molecule has 3 aromatic carbocycles. The third-order valence-electron chi connectivity index (χ3n) is 7.30. The zero-order chi connectivity index (χ0) is 29.5. The standard InChI is InChI=1S/C38H35N3O.Pt/c1-37(2,3)24-28-13-14-32-31-18-20-40-36(33(31)15-16-34(32)41-28)26-10-8-12-30(22-26)42-29-11-7-9-25(21-29)35-23-27(17-19-39-35)38(4,5)6;/h7-20,23H,24H2,1-6H3;/q-2;+2. The van der Waals surface area contributed by atoms with Crippen LogP contribution in [0.5, 0.6) is 11.5 Å². The summed E-state index contributed by atoms with van der Waals surface area (Å²) in [6.45, 7) is 13.3. The predicted molar refractivity (Wildman–Crippen MR) is 172 cm³/mol. The number of hydrogen-bond donors (Lipinski definition) is 0. The molecule has 0 unspecified atom stereocenters. The number of rotatable bonds is 5. The number of fused-ring (bicyclic) bond motifs is 3. The van der Waals surface area contributed by atoms with E-state index < -0.39 is 0 Å². The molecular weight excluding hydrogens is 710 g/mol. The van der Waals surface area contributed by atoms with Gasteiger partial charge in [0.05, 0.1) is 5.52 Å². The Labute approximate surface area is 268 Å². The first-order chi connectivity index (χ1) is 20.0. The van der Waals surface area contributed by atoms with E-state index in [0.29, 0.717) is 11.5 Å². The summed E-state index contributed by atoms with van der Waals surface area (Å²) in [4.78, 5) is 14.3. The molecule has 0 atom stereocenters.